The first-order valence-corrected chi connectivity index (χ1v) is 6.87. The molecular weight excluding hydrogens is 256 g/mol. The van der Waals surface area contributed by atoms with Gasteiger partial charge in [0.05, 0.1) is 17.4 Å². The molecule has 106 valence electrons. The maximum Gasteiger partial charge on any atom is 0.296 e. The van der Waals surface area contributed by atoms with Crippen molar-refractivity contribution in [3.05, 3.63) is 23.8 Å². The molecule has 2 aliphatic rings. The molecule has 2 heterocycles. The number of piperidine rings is 1. The number of Topliss-reactive ketones (excluding diaryl/α,β-unsaturated/α-hetero) is 1. The first-order chi connectivity index (χ1) is 9.60. The SMILES string of the molecule is COC1CN(c2ccc3c(c2)NC(=O)C3=O)CCC1C. The first-order valence-electron chi connectivity index (χ1n) is 6.87. The minimum absolute atomic E-state index is 0.216. The Morgan fingerprint density at radius 1 is 1.35 bits per heavy atom. The second kappa shape index (κ2) is 4.90. The molecule has 1 saturated heterocycles. The van der Waals surface area contributed by atoms with E-state index in [2.05, 4.69) is 17.1 Å². The van der Waals surface area contributed by atoms with E-state index >= 15 is 0 Å². The van der Waals surface area contributed by atoms with Gasteiger partial charge in [-0.25, -0.2) is 0 Å². The average Bonchev–Trinajstić information content (AvgIpc) is 2.74. The predicted molar refractivity (Wildman–Crippen MR) is 76.2 cm³/mol. The molecule has 3 rings (SSSR count). The Morgan fingerprint density at radius 3 is 2.90 bits per heavy atom. The van der Waals surface area contributed by atoms with Crippen molar-refractivity contribution in [2.45, 2.75) is 19.4 Å². The van der Waals surface area contributed by atoms with E-state index in [-0.39, 0.29) is 6.10 Å². The summed E-state index contributed by atoms with van der Waals surface area (Å²) in [5, 5.41) is 2.61. The van der Waals surface area contributed by atoms with Gasteiger partial charge in [0, 0.05) is 25.9 Å². The van der Waals surface area contributed by atoms with Crippen LogP contribution in [-0.2, 0) is 9.53 Å². The first kappa shape index (κ1) is 13.1. The van der Waals surface area contributed by atoms with E-state index < -0.39 is 11.7 Å². The zero-order chi connectivity index (χ0) is 14.3. The molecule has 1 amide bonds. The van der Waals surface area contributed by atoms with Gasteiger partial charge in [-0.1, -0.05) is 6.92 Å². The molecule has 2 atom stereocenters. The average molecular weight is 274 g/mol. The highest BCUT2D eigenvalue weighted by Crippen LogP contribution is 2.31. The van der Waals surface area contributed by atoms with Gasteiger partial charge in [0.1, 0.15) is 0 Å². The molecule has 1 N–H and O–H groups in total. The van der Waals surface area contributed by atoms with Crippen LogP contribution in [-0.4, -0.2) is 38.0 Å². The minimum atomic E-state index is -0.542. The highest BCUT2D eigenvalue weighted by atomic mass is 16.5. The topological polar surface area (TPSA) is 58.6 Å². The molecule has 1 fully saturated rings. The van der Waals surface area contributed by atoms with Gasteiger partial charge in [-0.05, 0) is 30.5 Å². The van der Waals surface area contributed by atoms with Crippen LogP contribution in [0.5, 0.6) is 0 Å². The lowest BCUT2D eigenvalue weighted by Crippen LogP contribution is -2.43. The number of benzene rings is 1. The third-order valence-electron chi connectivity index (χ3n) is 4.26. The third-order valence-corrected chi connectivity index (χ3v) is 4.26. The lowest BCUT2D eigenvalue weighted by molar-refractivity contribution is -0.112. The van der Waals surface area contributed by atoms with Crippen LogP contribution in [0, 0.1) is 5.92 Å². The van der Waals surface area contributed by atoms with Gasteiger partial charge >= 0.3 is 0 Å². The Labute approximate surface area is 117 Å². The fourth-order valence-electron chi connectivity index (χ4n) is 2.91. The lowest BCUT2D eigenvalue weighted by Gasteiger charge is -2.37. The number of nitrogens with zero attached hydrogens (tertiary/aromatic N) is 1. The molecule has 5 heteroatoms. The highest BCUT2D eigenvalue weighted by Gasteiger charge is 2.30. The summed E-state index contributed by atoms with van der Waals surface area (Å²) in [6.07, 6.45) is 1.29. The molecule has 2 aliphatic heterocycles. The maximum absolute atomic E-state index is 11.6. The van der Waals surface area contributed by atoms with Crippen molar-refractivity contribution in [2.24, 2.45) is 5.92 Å². The number of amides is 1. The van der Waals surface area contributed by atoms with Gasteiger partial charge in [-0.3, -0.25) is 9.59 Å². The largest absolute Gasteiger partial charge is 0.379 e. The Kier molecular flexibility index (Phi) is 3.22. The smallest absolute Gasteiger partial charge is 0.296 e. The molecule has 0 bridgehead atoms. The molecule has 0 spiro atoms. The number of nitrogens with one attached hydrogen (secondary N) is 1. The Bertz CT molecular complexity index is 570. The zero-order valence-electron chi connectivity index (χ0n) is 11.7. The molecule has 0 saturated carbocycles. The standard InChI is InChI=1S/C15H18N2O3/c1-9-5-6-17(8-13(9)20-2)10-3-4-11-12(7-10)16-15(19)14(11)18/h3-4,7,9,13H,5-6,8H2,1-2H3,(H,16,18,19). The molecule has 2 unspecified atom stereocenters. The van der Waals surface area contributed by atoms with Crippen LogP contribution in [0.15, 0.2) is 18.2 Å². The summed E-state index contributed by atoms with van der Waals surface area (Å²) in [5.74, 6) is -0.445. The van der Waals surface area contributed by atoms with Gasteiger partial charge in [-0.2, -0.15) is 0 Å². The Morgan fingerprint density at radius 2 is 2.15 bits per heavy atom. The normalized spacial score (nSPS) is 25.6. The van der Waals surface area contributed by atoms with Crippen LogP contribution in [0.25, 0.3) is 0 Å². The van der Waals surface area contributed by atoms with Crippen molar-refractivity contribution in [2.75, 3.05) is 30.4 Å². The quantitative estimate of drug-likeness (QED) is 0.834. The van der Waals surface area contributed by atoms with E-state index in [1.165, 1.54) is 0 Å². The summed E-state index contributed by atoms with van der Waals surface area (Å²) in [5.41, 5.74) is 2.10. The molecule has 0 radical (unpaired) electrons. The number of anilines is 2. The highest BCUT2D eigenvalue weighted by molar-refractivity contribution is 6.51. The fourth-order valence-corrected chi connectivity index (χ4v) is 2.91. The number of methoxy groups -OCH3 is 1. The monoisotopic (exact) mass is 274 g/mol. The van der Waals surface area contributed by atoms with E-state index in [9.17, 15) is 9.59 Å². The second-order valence-corrected chi connectivity index (χ2v) is 5.50. The second-order valence-electron chi connectivity index (χ2n) is 5.50. The number of rotatable bonds is 2. The predicted octanol–water partition coefficient (Wildman–Crippen LogP) is 1.68. The van der Waals surface area contributed by atoms with E-state index in [0.29, 0.717) is 17.2 Å². The van der Waals surface area contributed by atoms with Crippen molar-refractivity contribution in [3.63, 3.8) is 0 Å². The Balaban J connectivity index is 1.84. The summed E-state index contributed by atoms with van der Waals surface area (Å²) >= 11 is 0. The van der Waals surface area contributed by atoms with Gasteiger partial charge in [0.2, 0.25) is 0 Å². The molecule has 0 aromatic heterocycles. The van der Waals surface area contributed by atoms with E-state index in [4.69, 9.17) is 4.74 Å². The van der Waals surface area contributed by atoms with Crippen molar-refractivity contribution in [1.29, 1.82) is 0 Å². The molecule has 0 aliphatic carbocycles. The van der Waals surface area contributed by atoms with Crippen LogP contribution in [0.1, 0.15) is 23.7 Å². The van der Waals surface area contributed by atoms with Crippen molar-refractivity contribution < 1.29 is 14.3 Å². The van der Waals surface area contributed by atoms with E-state index in [1.807, 2.05) is 12.1 Å². The van der Waals surface area contributed by atoms with Crippen LogP contribution in [0.2, 0.25) is 0 Å². The molecular formula is C15H18N2O3. The summed E-state index contributed by atoms with van der Waals surface area (Å²) in [7, 11) is 1.74. The van der Waals surface area contributed by atoms with E-state index in [0.717, 1.165) is 25.2 Å². The van der Waals surface area contributed by atoms with Crippen LogP contribution >= 0.6 is 0 Å². The molecule has 1 aromatic rings. The van der Waals surface area contributed by atoms with Gasteiger partial charge in [0.25, 0.3) is 11.7 Å². The number of fused-ring (bicyclic) bond motifs is 1. The number of ether oxygens (including phenoxy) is 1. The van der Waals surface area contributed by atoms with Gasteiger partial charge < -0.3 is 15.0 Å². The van der Waals surface area contributed by atoms with Crippen molar-refractivity contribution in [3.8, 4) is 0 Å². The van der Waals surface area contributed by atoms with Gasteiger partial charge in [0.15, 0.2) is 0 Å². The van der Waals surface area contributed by atoms with E-state index in [1.54, 1.807) is 13.2 Å². The minimum Gasteiger partial charge on any atom is -0.379 e. The third kappa shape index (κ3) is 2.08. The van der Waals surface area contributed by atoms with Crippen LogP contribution in [0.3, 0.4) is 0 Å². The van der Waals surface area contributed by atoms with Crippen LogP contribution < -0.4 is 10.2 Å². The zero-order valence-corrected chi connectivity index (χ0v) is 11.7. The number of carbonyl (C=O) groups is 2. The molecule has 5 nitrogen and oxygen atoms in total. The Hall–Kier alpha value is -1.88. The number of ketones is 1. The van der Waals surface area contributed by atoms with Crippen LogP contribution in [0.4, 0.5) is 11.4 Å². The summed E-state index contributed by atoms with van der Waals surface area (Å²) < 4.78 is 5.52. The van der Waals surface area contributed by atoms with Crippen molar-refractivity contribution in [1.82, 2.24) is 0 Å². The number of carbonyl (C=O) groups excluding carboxylic acids is 2. The maximum atomic E-state index is 11.6. The molecule has 1 aromatic carbocycles. The van der Waals surface area contributed by atoms with Gasteiger partial charge in [-0.15, -0.1) is 0 Å². The number of hydrogen-bond donors (Lipinski definition) is 1. The fraction of sp³-hybridized carbons (Fsp3) is 0.467. The molecule has 20 heavy (non-hydrogen) atoms. The summed E-state index contributed by atoms with van der Waals surface area (Å²) in [6.45, 7) is 3.99. The van der Waals surface area contributed by atoms with Crippen molar-refractivity contribution >= 4 is 23.1 Å². The summed E-state index contributed by atoms with van der Waals surface area (Å²) in [4.78, 5) is 25.2. The summed E-state index contributed by atoms with van der Waals surface area (Å²) in [6, 6.07) is 5.51. The lowest BCUT2D eigenvalue weighted by atomic mass is 9.95. The number of hydrogen-bond acceptors (Lipinski definition) is 4.